The zero-order valence-corrected chi connectivity index (χ0v) is 12.7. The molecule has 0 saturated carbocycles. The van der Waals surface area contributed by atoms with E-state index in [1.165, 1.54) is 38.0 Å². The second-order valence-corrected chi connectivity index (χ2v) is 6.29. The van der Waals surface area contributed by atoms with Gasteiger partial charge in [-0.1, -0.05) is 6.92 Å². The van der Waals surface area contributed by atoms with E-state index in [9.17, 15) is 0 Å². The van der Waals surface area contributed by atoms with E-state index in [2.05, 4.69) is 47.8 Å². The Morgan fingerprint density at radius 2 is 2.11 bits per heavy atom. The summed E-state index contributed by atoms with van der Waals surface area (Å²) in [4.78, 5) is 2.56. The summed E-state index contributed by atoms with van der Waals surface area (Å²) < 4.78 is 0. The van der Waals surface area contributed by atoms with Crippen molar-refractivity contribution in [1.29, 1.82) is 0 Å². The summed E-state index contributed by atoms with van der Waals surface area (Å²) in [7, 11) is 0. The molecule has 1 aliphatic rings. The first-order valence-corrected chi connectivity index (χ1v) is 8.15. The van der Waals surface area contributed by atoms with Crippen LogP contribution in [-0.2, 0) is 0 Å². The Bertz CT molecular complexity index is 328. The number of piperidine rings is 1. The maximum atomic E-state index is 3.77. The van der Waals surface area contributed by atoms with Gasteiger partial charge in [-0.3, -0.25) is 0 Å². The van der Waals surface area contributed by atoms with E-state index in [1.54, 1.807) is 11.3 Å². The van der Waals surface area contributed by atoms with Crippen LogP contribution >= 0.6 is 11.3 Å². The van der Waals surface area contributed by atoms with Gasteiger partial charge in [-0.2, -0.15) is 11.3 Å². The highest BCUT2D eigenvalue weighted by atomic mass is 32.1. The summed E-state index contributed by atoms with van der Waals surface area (Å²) >= 11 is 1.79. The number of hydrogen-bond donors (Lipinski definition) is 1. The van der Waals surface area contributed by atoms with Crippen LogP contribution < -0.4 is 5.32 Å². The zero-order chi connectivity index (χ0) is 13.0. The highest BCUT2D eigenvalue weighted by molar-refractivity contribution is 7.07. The normalized spacial score (nSPS) is 21.9. The lowest BCUT2D eigenvalue weighted by Crippen LogP contribution is -2.42. The molecule has 0 spiro atoms. The maximum absolute atomic E-state index is 3.77. The molecule has 2 rings (SSSR count). The molecular weight excluding hydrogens is 240 g/mol. The van der Waals surface area contributed by atoms with Crippen molar-refractivity contribution in [3.63, 3.8) is 0 Å². The Morgan fingerprint density at radius 1 is 1.39 bits per heavy atom. The van der Waals surface area contributed by atoms with E-state index in [0.29, 0.717) is 12.1 Å². The first kappa shape index (κ1) is 14.0. The van der Waals surface area contributed by atoms with Gasteiger partial charge in [0.25, 0.3) is 0 Å². The standard InChI is InChI=1S/C15H26N2S/c1-4-17-8-5-14(6-9-17)12(2)16-13(3)15-7-10-18-11-15/h7,10-14,16H,4-6,8-9H2,1-3H3. The summed E-state index contributed by atoms with van der Waals surface area (Å²) in [6.45, 7) is 10.7. The first-order valence-electron chi connectivity index (χ1n) is 7.21. The molecule has 18 heavy (non-hydrogen) atoms. The number of likely N-dealkylation sites (tertiary alicyclic amines) is 1. The van der Waals surface area contributed by atoms with Crippen LogP contribution in [0.4, 0.5) is 0 Å². The second-order valence-electron chi connectivity index (χ2n) is 5.51. The number of nitrogens with one attached hydrogen (secondary N) is 1. The van der Waals surface area contributed by atoms with Gasteiger partial charge in [0.15, 0.2) is 0 Å². The summed E-state index contributed by atoms with van der Waals surface area (Å²) in [5.74, 6) is 0.842. The zero-order valence-electron chi connectivity index (χ0n) is 11.9. The Kier molecular flexibility index (Phi) is 5.22. The highest BCUT2D eigenvalue weighted by Crippen LogP contribution is 2.23. The van der Waals surface area contributed by atoms with Gasteiger partial charge in [0, 0.05) is 12.1 Å². The van der Waals surface area contributed by atoms with Gasteiger partial charge in [-0.25, -0.2) is 0 Å². The smallest absolute Gasteiger partial charge is 0.0302 e. The predicted octanol–water partition coefficient (Wildman–Crippen LogP) is 3.52. The average molecular weight is 266 g/mol. The van der Waals surface area contributed by atoms with Gasteiger partial charge in [0.1, 0.15) is 0 Å². The van der Waals surface area contributed by atoms with Crippen molar-refractivity contribution in [2.45, 2.75) is 45.7 Å². The van der Waals surface area contributed by atoms with Crippen LogP contribution in [0.15, 0.2) is 16.8 Å². The Balaban J connectivity index is 1.80. The van der Waals surface area contributed by atoms with Crippen LogP contribution in [0.2, 0.25) is 0 Å². The molecule has 0 aromatic carbocycles. The van der Waals surface area contributed by atoms with Crippen LogP contribution in [0.1, 0.15) is 45.2 Å². The van der Waals surface area contributed by atoms with Crippen molar-refractivity contribution in [1.82, 2.24) is 10.2 Å². The fourth-order valence-electron chi connectivity index (χ4n) is 2.92. The Morgan fingerprint density at radius 3 is 2.67 bits per heavy atom. The molecule has 0 radical (unpaired) electrons. The molecule has 3 heteroatoms. The molecule has 2 unspecified atom stereocenters. The van der Waals surface area contributed by atoms with Gasteiger partial charge in [-0.15, -0.1) is 0 Å². The predicted molar refractivity (Wildman–Crippen MR) is 80.2 cm³/mol. The molecule has 2 heterocycles. The molecule has 0 amide bonds. The van der Waals surface area contributed by atoms with Gasteiger partial charge in [0.05, 0.1) is 0 Å². The molecule has 0 bridgehead atoms. The minimum absolute atomic E-state index is 0.482. The number of nitrogens with zero attached hydrogens (tertiary/aromatic N) is 1. The van der Waals surface area contributed by atoms with Gasteiger partial charge < -0.3 is 10.2 Å². The van der Waals surface area contributed by atoms with Crippen molar-refractivity contribution in [3.05, 3.63) is 22.4 Å². The van der Waals surface area contributed by atoms with Gasteiger partial charge in [0.2, 0.25) is 0 Å². The number of hydrogen-bond acceptors (Lipinski definition) is 3. The molecule has 1 saturated heterocycles. The molecule has 1 fully saturated rings. The number of rotatable bonds is 5. The largest absolute Gasteiger partial charge is 0.307 e. The SMILES string of the molecule is CCN1CCC(C(C)NC(C)c2ccsc2)CC1. The summed E-state index contributed by atoms with van der Waals surface area (Å²) in [6, 6.07) is 3.34. The van der Waals surface area contributed by atoms with Gasteiger partial charge >= 0.3 is 0 Å². The fraction of sp³-hybridized carbons (Fsp3) is 0.733. The van der Waals surface area contributed by atoms with Crippen LogP contribution in [-0.4, -0.2) is 30.6 Å². The van der Waals surface area contributed by atoms with Crippen molar-refractivity contribution >= 4 is 11.3 Å². The molecule has 1 aromatic rings. The molecule has 2 atom stereocenters. The monoisotopic (exact) mass is 266 g/mol. The summed E-state index contributed by atoms with van der Waals surface area (Å²) in [6.07, 6.45) is 2.69. The molecule has 0 aliphatic carbocycles. The van der Waals surface area contributed by atoms with Crippen LogP contribution in [0.3, 0.4) is 0 Å². The molecule has 2 nitrogen and oxygen atoms in total. The number of thiophene rings is 1. The topological polar surface area (TPSA) is 15.3 Å². The lowest BCUT2D eigenvalue weighted by molar-refractivity contribution is 0.165. The third-order valence-electron chi connectivity index (χ3n) is 4.34. The van der Waals surface area contributed by atoms with E-state index in [4.69, 9.17) is 0 Å². The van der Waals surface area contributed by atoms with E-state index in [0.717, 1.165) is 5.92 Å². The van der Waals surface area contributed by atoms with Crippen molar-refractivity contribution in [2.75, 3.05) is 19.6 Å². The molecule has 1 aromatic heterocycles. The summed E-state index contributed by atoms with van der Waals surface area (Å²) in [5, 5.41) is 8.19. The Labute approximate surface area is 115 Å². The maximum Gasteiger partial charge on any atom is 0.0302 e. The van der Waals surface area contributed by atoms with E-state index < -0.39 is 0 Å². The quantitative estimate of drug-likeness (QED) is 0.877. The molecule has 1 aliphatic heterocycles. The van der Waals surface area contributed by atoms with Crippen molar-refractivity contribution in [3.8, 4) is 0 Å². The molecular formula is C15H26N2S. The molecule has 102 valence electrons. The second kappa shape index (κ2) is 6.69. The Hall–Kier alpha value is -0.380. The van der Waals surface area contributed by atoms with Crippen LogP contribution in [0.5, 0.6) is 0 Å². The third kappa shape index (κ3) is 3.56. The van der Waals surface area contributed by atoms with Crippen molar-refractivity contribution < 1.29 is 0 Å². The highest BCUT2D eigenvalue weighted by Gasteiger charge is 2.24. The summed E-state index contributed by atoms with van der Waals surface area (Å²) in [5.41, 5.74) is 1.43. The fourth-order valence-corrected chi connectivity index (χ4v) is 3.67. The first-order chi connectivity index (χ1) is 8.70. The van der Waals surface area contributed by atoms with E-state index in [-0.39, 0.29) is 0 Å². The van der Waals surface area contributed by atoms with E-state index in [1.807, 2.05) is 0 Å². The lowest BCUT2D eigenvalue weighted by Gasteiger charge is -2.35. The van der Waals surface area contributed by atoms with Crippen molar-refractivity contribution in [2.24, 2.45) is 5.92 Å². The molecule has 1 N–H and O–H groups in total. The van der Waals surface area contributed by atoms with Crippen LogP contribution in [0.25, 0.3) is 0 Å². The minimum Gasteiger partial charge on any atom is -0.307 e. The van der Waals surface area contributed by atoms with E-state index >= 15 is 0 Å². The third-order valence-corrected chi connectivity index (χ3v) is 5.04. The minimum atomic E-state index is 0.482. The van der Waals surface area contributed by atoms with Gasteiger partial charge in [-0.05, 0) is 74.6 Å². The average Bonchev–Trinajstić information content (AvgIpc) is 2.92. The van der Waals surface area contributed by atoms with Crippen LogP contribution in [0, 0.1) is 5.92 Å². The lowest BCUT2D eigenvalue weighted by atomic mass is 9.89.